The second-order valence-electron chi connectivity index (χ2n) is 7.24. The van der Waals surface area contributed by atoms with Crippen LogP contribution in [-0.4, -0.2) is 53.8 Å². The van der Waals surface area contributed by atoms with Crippen LogP contribution in [0.25, 0.3) is 0 Å². The summed E-state index contributed by atoms with van der Waals surface area (Å²) >= 11 is 0. The van der Waals surface area contributed by atoms with E-state index in [4.69, 9.17) is 18.9 Å². The van der Waals surface area contributed by atoms with Crippen LogP contribution in [0, 0.1) is 0 Å². The number of sulfonamides is 1. The lowest BCUT2D eigenvalue weighted by atomic mass is 10.1. The number of amides is 1. The van der Waals surface area contributed by atoms with E-state index in [1.165, 1.54) is 57.7 Å². The zero-order valence-corrected chi connectivity index (χ0v) is 20.1. The molecule has 0 unspecified atom stereocenters. The number of rotatable bonds is 10. The minimum Gasteiger partial charge on any atom is -0.493 e. The number of ether oxygens (including phenoxy) is 4. The molecule has 0 aliphatic rings. The second kappa shape index (κ2) is 10.9. The third-order valence-corrected chi connectivity index (χ3v) is 5.80. The summed E-state index contributed by atoms with van der Waals surface area (Å²) in [6.07, 6.45) is -0.762. The van der Waals surface area contributed by atoms with Crippen LogP contribution in [0.15, 0.2) is 41.3 Å². The second-order valence-corrected chi connectivity index (χ2v) is 8.93. The summed E-state index contributed by atoms with van der Waals surface area (Å²) < 4.78 is 48.9. The van der Waals surface area contributed by atoms with Crippen molar-refractivity contribution in [2.45, 2.75) is 37.8 Å². The van der Waals surface area contributed by atoms with Crippen molar-refractivity contribution in [2.24, 2.45) is 0 Å². The predicted molar refractivity (Wildman–Crippen MR) is 122 cm³/mol. The first-order chi connectivity index (χ1) is 15.5. The molecule has 2 aromatic rings. The Balaban J connectivity index is 2.29. The van der Waals surface area contributed by atoms with Crippen molar-refractivity contribution in [1.82, 2.24) is 5.32 Å². The molecular formula is C22H28N2O8S. The number of hydrogen-bond acceptors (Lipinski definition) is 8. The van der Waals surface area contributed by atoms with Crippen LogP contribution in [0.1, 0.15) is 31.1 Å². The zero-order valence-electron chi connectivity index (χ0n) is 19.3. The van der Waals surface area contributed by atoms with Gasteiger partial charge in [0.15, 0.2) is 17.6 Å². The highest BCUT2D eigenvalue weighted by Gasteiger charge is 2.23. The summed E-state index contributed by atoms with van der Waals surface area (Å²) in [7, 11) is -0.137. The highest BCUT2D eigenvalue weighted by atomic mass is 32.2. The third-order valence-electron chi connectivity index (χ3n) is 4.42. The first-order valence-electron chi connectivity index (χ1n) is 9.96. The quantitative estimate of drug-likeness (QED) is 0.497. The Hall–Kier alpha value is -3.47. The number of esters is 1. The van der Waals surface area contributed by atoms with Gasteiger partial charge in [0.2, 0.25) is 0 Å². The summed E-state index contributed by atoms with van der Waals surface area (Å²) in [6.45, 7) is 5.26. The molecule has 0 aliphatic carbocycles. The van der Waals surface area contributed by atoms with E-state index in [1.54, 1.807) is 6.92 Å². The Kier molecular flexibility index (Phi) is 8.52. The average molecular weight is 481 g/mol. The molecule has 0 aliphatic heterocycles. The minimum absolute atomic E-state index is 0.0337. The van der Waals surface area contributed by atoms with Crippen LogP contribution in [0.5, 0.6) is 17.2 Å². The maximum Gasteiger partial charge on any atom is 0.340 e. The molecular weight excluding hydrogens is 452 g/mol. The number of benzene rings is 2. The topological polar surface area (TPSA) is 129 Å². The van der Waals surface area contributed by atoms with Crippen molar-refractivity contribution in [3.05, 3.63) is 42.0 Å². The van der Waals surface area contributed by atoms with Crippen LogP contribution < -0.4 is 24.2 Å². The van der Waals surface area contributed by atoms with Crippen molar-refractivity contribution in [2.75, 3.05) is 26.1 Å². The molecule has 0 radical (unpaired) electrons. The number of methoxy groups -OCH3 is 3. The van der Waals surface area contributed by atoms with Crippen molar-refractivity contribution in [1.29, 1.82) is 0 Å². The van der Waals surface area contributed by atoms with Gasteiger partial charge in [-0.15, -0.1) is 0 Å². The number of nitrogens with one attached hydrogen (secondary N) is 2. The summed E-state index contributed by atoms with van der Waals surface area (Å²) in [6, 6.07) is 8.13. The Labute approximate surface area is 193 Å². The lowest BCUT2D eigenvalue weighted by Crippen LogP contribution is -2.40. The minimum atomic E-state index is -4.09. The van der Waals surface area contributed by atoms with E-state index in [0.717, 1.165) is 0 Å². The first-order valence-corrected chi connectivity index (χ1v) is 11.4. The van der Waals surface area contributed by atoms with Gasteiger partial charge in [-0.05, 0) is 45.0 Å². The lowest BCUT2D eigenvalue weighted by molar-refractivity contribution is -0.127. The van der Waals surface area contributed by atoms with E-state index in [2.05, 4.69) is 10.0 Å². The molecule has 2 rings (SSSR count). The lowest BCUT2D eigenvalue weighted by Gasteiger charge is -2.17. The monoisotopic (exact) mass is 480 g/mol. The van der Waals surface area contributed by atoms with Crippen LogP contribution in [0.3, 0.4) is 0 Å². The Bertz CT molecular complexity index is 1100. The van der Waals surface area contributed by atoms with Gasteiger partial charge in [0.25, 0.3) is 15.9 Å². The molecule has 0 saturated heterocycles. The van der Waals surface area contributed by atoms with Crippen LogP contribution in [-0.2, 0) is 19.6 Å². The molecule has 0 spiro atoms. The number of hydrogen-bond donors (Lipinski definition) is 2. The fourth-order valence-electron chi connectivity index (χ4n) is 2.80. The summed E-state index contributed by atoms with van der Waals surface area (Å²) in [4.78, 5) is 24.1. The van der Waals surface area contributed by atoms with Gasteiger partial charge >= 0.3 is 5.97 Å². The van der Waals surface area contributed by atoms with E-state index >= 15 is 0 Å². The fourth-order valence-corrected chi connectivity index (χ4v) is 3.87. The molecule has 0 fully saturated rings. The van der Waals surface area contributed by atoms with Crippen LogP contribution >= 0.6 is 0 Å². The van der Waals surface area contributed by atoms with Gasteiger partial charge in [-0.2, -0.15) is 0 Å². The maximum absolute atomic E-state index is 12.9. The largest absolute Gasteiger partial charge is 0.493 e. The number of carbonyl (C=O) groups excluding carboxylic acids is 2. The fraction of sp³-hybridized carbons (Fsp3) is 0.364. The van der Waals surface area contributed by atoms with Gasteiger partial charge in [-0.3, -0.25) is 9.52 Å². The molecule has 180 valence electrons. The van der Waals surface area contributed by atoms with Crippen molar-refractivity contribution < 1.29 is 37.0 Å². The van der Waals surface area contributed by atoms with E-state index in [-0.39, 0.29) is 39.6 Å². The molecule has 0 bridgehead atoms. The number of anilines is 1. The van der Waals surface area contributed by atoms with Crippen LogP contribution in [0.2, 0.25) is 0 Å². The Morgan fingerprint density at radius 3 is 2.00 bits per heavy atom. The van der Waals surface area contributed by atoms with Gasteiger partial charge in [-0.1, -0.05) is 0 Å². The molecule has 1 amide bonds. The standard InChI is InChI=1S/C22H28N2O8S/c1-13(2)23-21(25)14(3)32-15-7-9-16(10-8-15)33(27,28)24-18-12-20(30-5)19(29-4)11-17(18)22(26)31-6/h7-14,24H,1-6H3,(H,23,25)/t14-/m0/s1. The molecule has 0 heterocycles. The Morgan fingerprint density at radius 1 is 0.909 bits per heavy atom. The number of carbonyl (C=O) groups is 2. The molecule has 0 aromatic heterocycles. The average Bonchev–Trinajstić information content (AvgIpc) is 2.77. The SMILES string of the molecule is COC(=O)c1cc(OC)c(OC)cc1NS(=O)(=O)c1ccc(O[C@@H](C)C(=O)NC(C)C)cc1. The smallest absolute Gasteiger partial charge is 0.340 e. The van der Waals surface area contributed by atoms with Gasteiger partial charge in [0.1, 0.15) is 5.75 Å². The Morgan fingerprint density at radius 2 is 1.48 bits per heavy atom. The molecule has 2 aromatic carbocycles. The third kappa shape index (κ3) is 6.51. The van der Waals surface area contributed by atoms with E-state index in [1.807, 2.05) is 13.8 Å². The molecule has 1 atom stereocenters. The van der Waals surface area contributed by atoms with Gasteiger partial charge in [-0.25, -0.2) is 13.2 Å². The van der Waals surface area contributed by atoms with Gasteiger partial charge < -0.3 is 24.3 Å². The van der Waals surface area contributed by atoms with E-state index < -0.39 is 22.1 Å². The molecule has 0 saturated carbocycles. The molecule has 11 heteroatoms. The first kappa shape index (κ1) is 25.8. The summed E-state index contributed by atoms with van der Waals surface area (Å²) in [5.41, 5.74) is -0.0949. The van der Waals surface area contributed by atoms with E-state index in [9.17, 15) is 18.0 Å². The van der Waals surface area contributed by atoms with Gasteiger partial charge in [0.05, 0.1) is 37.5 Å². The summed E-state index contributed by atoms with van der Waals surface area (Å²) in [5.74, 6) is -0.266. The predicted octanol–water partition coefficient (Wildman–Crippen LogP) is 2.58. The van der Waals surface area contributed by atoms with Crippen molar-refractivity contribution >= 4 is 27.6 Å². The van der Waals surface area contributed by atoms with Crippen LogP contribution in [0.4, 0.5) is 5.69 Å². The molecule has 2 N–H and O–H groups in total. The van der Waals surface area contributed by atoms with Crippen molar-refractivity contribution in [3.63, 3.8) is 0 Å². The highest BCUT2D eigenvalue weighted by Crippen LogP contribution is 2.35. The summed E-state index contributed by atoms with van der Waals surface area (Å²) in [5, 5.41) is 2.74. The van der Waals surface area contributed by atoms with Crippen molar-refractivity contribution in [3.8, 4) is 17.2 Å². The highest BCUT2D eigenvalue weighted by molar-refractivity contribution is 7.92. The van der Waals surface area contributed by atoms with Gasteiger partial charge in [0, 0.05) is 18.2 Å². The molecule has 10 nitrogen and oxygen atoms in total. The van der Waals surface area contributed by atoms with E-state index in [0.29, 0.717) is 5.75 Å². The maximum atomic E-state index is 12.9. The zero-order chi connectivity index (χ0) is 24.8. The normalized spacial score (nSPS) is 12.0. The molecule has 33 heavy (non-hydrogen) atoms.